The van der Waals surface area contributed by atoms with Gasteiger partial charge in [0.05, 0.1) is 4.90 Å². The molecule has 1 fully saturated rings. The van der Waals surface area contributed by atoms with Crippen molar-refractivity contribution in [2.75, 3.05) is 13.1 Å². The van der Waals surface area contributed by atoms with E-state index < -0.39 is 10.0 Å². The van der Waals surface area contributed by atoms with Crippen molar-refractivity contribution in [3.05, 3.63) is 65.2 Å². The molecule has 3 rings (SSSR count). The molecular weight excluding hydrogens is 360 g/mol. The summed E-state index contributed by atoms with van der Waals surface area (Å²) in [5.74, 6) is -0.138. The SMILES string of the molecule is Cc1ccc(S(=O)(=O)NCCC(=O)NCC2(c3ccccc3)CC2)c(C)c1. The monoisotopic (exact) mass is 386 g/mol. The van der Waals surface area contributed by atoms with Crippen molar-refractivity contribution >= 4 is 15.9 Å². The maximum Gasteiger partial charge on any atom is 0.240 e. The first kappa shape index (κ1) is 19.6. The third kappa shape index (κ3) is 4.76. The fourth-order valence-electron chi connectivity index (χ4n) is 3.34. The first-order valence-electron chi connectivity index (χ1n) is 9.22. The lowest BCUT2D eigenvalue weighted by atomic mass is 9.96. The molecule has 0 aromatic heterocycles. The molecular formula is C21H26N2O3S. The Morgan fingerprint density at radius 2 is 1.78 bits per heavy atom. The number of amides is 1. The average molecular weight is 387 g/mol. The predicted molar refractivity (Wildman–Crippen MR) is 106 cm³/mol. The van der Waals surface area contributed by atoms with Gasteiger partial charge in [-0.3, -0.25) is 4.79 Å². The maximum atomic E-state index is 12.4. The molecule has 2 aromatic rings. The van der Waals surface area contributed by atoms with Crippen molar-refractivity contribution in [3.8, 4) is 0 Å². The van der Waals surface area contributed by atoms with Crippen LogP contribution in [0.1, 0.15) is 36.0 Å². The van der Waals surface area contributed by atoms with Crippen molar-refractivity contribution < 1.29 is 13.2 Å². The molecule has 0 atom stereocenters. The zero-order valence-electron chi connectivity index (χ0n) is 15.8. The highest BCUT2D eigenvalue weighted by atomic mass is 32.2. The van der Waals surface area contributed by atoms with E-state index in [2.05, 4.69) is 22.2 Å². The number of aryl methyl sites for hydroxylation is 2. The van der Waals surface area contributed by atoms with Crippen molar-refractivity contribution in [1.82, 2.24) is 10.0 Å². The summed E-state index contributed by atoms with van der Waals surface area (Å²) in [7, 11) is -3.61. The molecule has 0 spiro atoms. The number of rotatable bonds is 8. The van der Waals surface area contributed by atoms with Gasteiger partial charge in [0.1, 0.15) is 0 Å². The van der Waals surface area contributed by atoms with Gasteiger partial charge in [0.2, 0.25) is 15.9 Å². The van der Waals surface area contributed by atoms with Crippen molar-refractivity contribution in [3.63, 3.8) is 0 Å². The molecule has 1 amide bonds. The molecule has 6 heteroatoms. The van der Waals surface area contributed by atoms with Gasteiger partial charge in [0.15, 0.2) is 0 Å². The van der Waals surface area contributed by atoms with E-state index in [1.807, 2.05) is 31.2 Å². The molecule has 0 unspecified atom stereocenters. The predicted octanol–water partition coefficient (Wildman–Crippen LogP) is 2.82. The standard InChI is InChI=1S/C21H26N2O3S/c1-16-8-9-19(17(2)14-16)27(25,26)23-13-10-20(24)22-15-21(11-12-21)18-6-4-3-5-7-18/h3-9,14,23H,10-13,15H2,1-2H3,(H,22,24). The Morgan fingerprint density at radius 3 is 2.41 bits per heavy atom. The molecule has 0 saturated heterocycles. The molecule has 0 radical (unpaired) electrons. The molecule has 0 heterocycles. The summed E-state index contributed by atoms with van der Waals surface area (Å²) in [4.78, 5) is 12.4. The number of hydrogen-bond acceptors (Lipinski definition) is 3. The second-order valence-electron chi connectivity index (χ2n) is 7.34. The zero-order chi connectivity index (χ0) is 19.5. The van der Waals surface area contributed by atoms with Gasteiger partial charge in [-0.05, 0) is 43.9 Å². The average Bonchev–Trinajstić information content (AvgIpc) is 3.41. The smallest absolute Gasteiger partial charge is 0.240 e. The van der Waals surface area contributed by atoms with E-state index in [0.717, 1.165) is 18.4 Å². The summed E-state index contributed by atoms with van der Waals surface area (Å²) in [5, 5.41) is 2.96. The van der Waals surface area contributed by atoms with Gasteiger partial charge >= 0.3 is 0 Å². The van der Waals surface area contributed by atoms with Crippen LogP contribution in [0.5, 0.6) is 0 Å². The molecule has 27 heavy (non-hydrogen) atoms. The quantitative estimate of drug-likeness (QED) is 0.733. The molecule has 2 N–H and O–H groups in total. The fraction of sp³-hybridized carbons (Fsp3) is 0.381. The third-order valence-corrected chi connectivity index (χ3v) is 6.75. The van der Waals surface area contributed by atoms with Gasteiger partial charge in [0, 0.05) is 24.9 Å². The Kier molecular flexibility index (Phi) is 5.67. The molecule has 0 bridgehead atoms. The van der Waals surface area contributed by atoms with Gasteiger partial charge in [-0.15, -0.1) is 0 Å². The summed E-state index contributed by atoms with van der Waals surface area (Å²) in [6.45, 7) is 4.37. The number of sulfonamides is 1. The Morgan fingerprint density at radius 1 is 1.07 bits per heavy atom. The van der Waals surface area contributed by atoms with E-state index in [1.54, 1.807) is 19.1 Å². The van der Waals surface area contributed by atoms with Crippen LogP contribution in [0.3, 0.4) is 0 Å². The highest BCUT2D eigenvalue weighted by Gasteiger charge is 2.44. The highest BCUT2D eigenvalue weighted by Crippen LogP contribution is 2.47. The van der Waals surface area contributed by atoms with Crippen LogP contribution in [-0.4, -0.2) is 27.4 Å². The van der Waals surface area contributed by atoms with Crippen molar-refractivity contribution in [2.24, 2.45) is 0 Å². The molecule has 5 nitrogen and oxygen atoms in total. The number of hydrogen-bond donors (Lipinski definition) is 2. The van der Waals surface area contributed by atoms with Crippen LogP contribution in [0, 0.1) is 13.8 Å². The Bertz CT molecular complexity index is 920. The molecule has 1 aliphatic rings. The first-order chi connectivity index (χ1) is 12.8. The van der Waals surface area contributed by atoms with Crippen LogP contribution >= 0.6 is 0 Å². The summed E-state index contributed by atoms with van der Waals surface area (Å²) in [6.07, 6.45) is 2.25. The second kappa shape index (κ2) is 7.82. The summed E-state index contributed by atoms with van der Waals surface area (Å²) < 4.78 is 27.4. The zero-order valence-corrected chi connectivity index (χ0v) is 16.6. The topological polar surface area (TPSA) is 75.3 Å². The van der Waals surface area contributed by atoms with E-state index in [9.17, 15) is 13.2 Å². The minimum Gasteiger partial charge on any atom is -0.355 e. The fourth-order valence-corrected chi connectivity index (χ4v) is 4.60. The molecule has 1 saturated carbocycles. The third-order valence-electron chi connectivity index (χ3n) is 5.13. The number of benzene rings is 2. The first-order valence-corrected chi connectivity index (χ1v) is 10.7. The lowest BCUT2D eigenvalue weighted by molar-refractivity contribution is -0.121. The van der Waals surface area contributed by atoms with E-state index in [4.69, 9.17) is 0 Å². The van der Waals surface area contributed by atoms with Gasteiger partial charge in [0.25, 0.3) is 0 Å². The van der Waals surface area contributed by atoms with E-state index in [-0.39, 0.29) is 29.2 Å². The van der Waals surface area contributed by atoms with Gasteiger partial charge in [-0.2, -0.15) is 0 Å². The summed E-state index contributed by atoms with van der Waals surface area (Å²) in [5.41, 5.74) is 3.01. The van der Waals surface area contributed by atoms with E-state index in [1.165, 1.54) is 5.56 Å². The minimum atomic E-state index is -3.61. The van der Waals surface area contributed by atoms with Crippen LogP contribution in [0.15, 0.2) is 53.4 Å². The van der Waals surface area contributed by atoms with E-state index in [0.29, 0.717) is 12.1 Å². The number of carbonyl (C=O) groups excluding carboxylic acids is 1. The van der Waals surface area contributed by atoms with Gasteiger partial charge in [-0.25, -0.2) is 13.1 Å². The molecule has 144 valence electrons. The summed E-state index contributed by atoms with van der Waals surface area (Å²) in [6, 6.07) is 15.4. The molecule has 2 aromatic carbocycles. The maximum absolute atomic E-state index is 12.4. The summed E-state index contributed by atoms with van der Waals surface area (Å²) >= 11 is 0. The Balaban J connectivity index is 1.48. The lowest BCUT2D eigenvalue weighted by Crippen LogP contribution is -2.35. The van der Waals surface area contributed by atoms with E-state index >= 15 is 0 Å². The van der Waals surface area contributed by atoms with Gasteiger partial charge in [-0.1, -0.05) is 48.0 Å². The van der Waals surface area contributed by atoms with Gasteiger partial charge < -0.3 is 5.32 Å². The highest BCUT2D eigenvalue weighted by molar-refractivity contribution is 7.89. The number of carbonyl (C=O) groups is 1. The van der Waals surface area contributed by atoms with Crippen molar-refractivity contribution in [1.29, 1.82) is 0 Å². The normalized spacial score (nSPS) is 15.3. The van der Waals surface area contributed by atoms with Crippen LogP contribution in [0.2, 0.25) is 0 Å². The molecule has 0 aliphatic heterocycles. The van der Waals surface area contributed by atoms with Crippen LogP contribution in [0.25, 0.3) is 0 Å². The number of nitrogens with one attached hydrogen (secondary N) is 2. The second-order valence-corrected chi connectivity index (χ2v) is 9.08. The lowest BCUT2D eigenvalue weighted by Gasteiger charge is -2.16. The Hall–Kier alpha value is -2.18. The van der Waals surface area contributed by atoms with Crippen LogP contribution in [0.4, 0.5) is 0 Å². The molecule has 1 aliphatic carbocycles. The Labute approximate surface area is 161 Å². The van der Waals surface area contributed by atoms with Crippen LogP contribution in [-0.2, 0) is 20.2 Å². The van der Waals surface area contributed by atoms with Crippen molar-refractivity contribution in [2.45, 2.75) is 43.4 Å². The largest absolute Gasteiger partial charge is 0.355 e. The minimum absolute atomic E-state index is 0.0510. The van der Waals surface area contributed by atoms with Crippen LogP contribution < -0.4 is 10.0 Å².